The summed E-state index contributed by atoms with van der Waals surface area (Å²) in [7, 11) is 0. The molecular weight excluding hydrogens is 401 g/mol. The van der Waals surface area contributed by atoms with Crippen molar-refractivity contribution < 1.29 is 14.3 Å². The molecule has 2 aromatic heterocycles. The number of pyridine rings is 1. The fourth-order valence-corrected chi connectivity index (χ4v) is 4.25. The zero-order chi connectivity index (χ0) is 19.7. The van der Waals surface area contributed by atoms with E-state index < -0.39 is 12.6 Å². The van der Waals surface area contributed by atoms with Gasteiger partial charge in [0.05, 0.1) is 23.8 Å². The van der Waals surface area contributed by atoms with Crippen LogP contribution in [0.15, 0.2) is 59.0 Å². The third kappa shape index (κ3) is 3.91. The number of aliphatic carboxylic acids is 1. The van der Waals surface area contributed by atoms with Crippen LogP contribution in [0.1, 0.15) is 17.9 Å². The Kier molecular flexibility index (Phi) is 5.37. The van der Waals surface area contributed by atoms with E-state index in [1.807, 2.05) is 30.3 Å². The van der Waals surface area contributed by atoms with Crippen LogP contribution in [-0.2, 0) is 11.3 Å². The van der Waals surface area contributed by atoms with Gasteiger partial charge >= 0.3 is 5.97 Å². The molecule has 8 heteroatoms. The molecule has 0 bridgehead atoms. The smallest absolute Gasteiger partial charge is 0.307 e. The van der Waals surface area contributed by atoms with Gasteiger partial charge in [-0.2, -0.15) is 0 Å². The Hall–Kier alpha value is -2.38. The third-order valence-corrected chi connectivity index (χ3v) is 6.03. The summed E-state index contributed by atoms with van der Waals surface area (Å²) in [5, 5.41) is 11.2. The van der Waals surface area contributed by atoms with Gasteiger partial charge in [0.25, 0.3) is 0 Å². The summed E-state index contributed by atoms with van der Waals surface area (Å²) < 4.78 is 14.7. The minimum absolute atomic E-state index is 0.0859. The largest absolute Gasteiger partial charge is 0.481 e. The first kappa shape index (κ1) is 19.0. The van der Waals surface area contributed by atoms with E-state index in [1.165, 1.54) is 11.8 Å². The van der Waals surface area contributed by atoms with Crippen molar-refractivity contribution in [3.05, 3.63) is 59.5 Å². The maximum atomic E-state index is 13.0. The number of carbonyl (C=O) groups is 1. The highest BCUT2D eigenvalue weighted by Gasteiger charge is 2.44. The van der Waals surface area contributed by atoms with E-state index in [1.54, 1.807) is 23.2 Å². The SMILES string of the molecule is O=C(O)[C@H]1C[C@@H]1c1ccc(-c2ncn(CCF)c2Sc2ccc(Cl)cn2)cc1. The molecule has 1 saturated carbocycles. The molecular formula is C20H17ClFN3O2S. The van der Waals surface area contributed by atoms with Crippen molar-refractivity contribution in [3.63, 3.8) is 0 Å². The molecule has 1 aliphatic carbocycles. The first-order valence-electron chi connectivity index (χ1n) is 8.80. The lowest BCUT2D eigenvalue weighted by Crippen LogP contribution is -2.00. The Morgan fingerprint density at radius 3 is 2.64 bits per heavy atom. The lowest BCUT2D eigenvalue weighted by atomic mass is 10.1. The van der Waals surface area contributed by atoms with Crippen LogP contribution in [0.4, 0.5) is 4.39 Å². The predicted octanol–water partition coefficient (Wildman–Crippen LogP) is 4.91. The van der Waals surface area contributed by atoms with Crippen LogP contribution >= 0.6 is 23.4 Å². The van der Waals surface area contributed by atoms with Gasteiger partial charge in [-0.05, 0) is 41.8 Å². The van der Waals surface area contributed by atoms with Crippen molar-refractivity contribution in [1.82, 2.24) is 14.5 Å². The molecule has 1 N–H and O–H groups in total. The van der Waals surface area contributed by atoms with E-state index in [4.69, 9.17) is 16.7 Å². The number of aryl methyl sites for hydroxylation is 1. The Balaban J connectivity index is 1.62. The number of rotatable bonds is 7. The van der Waals surface area contributed by atoms with Gasteiger partial charge in [0.1, 0.15) is 22.4 Å². The van der Waals surface area contributed by atoms with Crippen molar-refractivity contribution >= 4 is 29.3 Å². The molecule has 1 fully saturated rings. The molecule has 2 atom stereocenters. The highest BCUT2D eigenvalue weighted by molar-refractivity contribution is 7.99. The normalized spacial score (nSPS) is 18.2. The van der Waals surface area contributed by atoms with Gasteiger partial charge in [0, 0.05) is 11.8 Å². The van der Waals surface area contributed by atoms with Crippen molar-refractivity contribution in [2.45, 2.75) is 28.9 Å². The Morgan fingerprint density at radius 1 is 1.25 bits per heavy atom. The first-order chi connectivity index (χ1) is 13.6. The minimum Gasteiger partial charge on any atom is -0.481 e. The molecule has 1 aliphatic rings. The van der Waals surface area contributed by atoms with Crippen LogP contribution in [-0.4, -0.2) is 32.3 Å². The van der Waals surface area contributed by atoms with Gasteiger partial charge in [-0.25, -0.2) is 14.4 Å². The van der Waals surface area contributed by atoms with Crippen LogP contribution < -0.4 is 0 Å². The summed E-state index contributed by atoms with van der Waals surface area (Å²) in [4.78, 5) is 19.9. The fourth-order valence-electron chi connectivity index (χ4n) is 3.17. The highest BCUT2D eigenvalue weighted by Crippen LogP contribution is 2.48. The molecule has 1 aromatic carbocycles. The second-order valence-corrected chi connectivity index (χ2v) is 8.05. The molecule has 28 heavy (non-hydrogen) atoms. The lowest BCUT2D eigenvalue weighted by molar-refractivity contribution is -0.138. The Labute approximate surface area is 170 Å². The van der Waals surface area contributed by atoms with Gasteiger partial charge in [-0.1, -0.05) is 35.9 Å². The third-order valence-electron chi connectivity index (χ3n) is 4.74. The first-order valence-corrected chi connectivity index (χ1v) is 10.00. The highest BCUT2D eigenvalue weighted by atomic mass is 35.5. The van der Waals surface area contributed by atoms with Crippen molar-refractivity contribution in [1.29, 1.82) is 0 Å². The predicted molar refractivity (Wildman–Crippen MR) is 105 cm³/mol. The van der Waals surface area contributed by atoms with E-state index in [9.17, 15) is 9.18 Å². The fraction of sp³-hybridized carbons (Fsp3) is 0.250. The van der Waals surface area contributed by atoms with E-state index in [0.717, 1.165) is 26.9 Å². The van der Waals surface area contributed by atoms with Crippen molar-refractivity contribution in [3.8, 4) is 11.3 Å². The topological polar surface area (TPSA) is 68.0 Å². The molecule has 0 unspecified atom stereocenters. The van der Waals surface area contributed by atoms with Crippen LogP contribution in [0.3, 0.4) is 0 Å². The second-order valence-electron chi connectivity index (χ2n) is 6.61. The molecule has 0 aliphatic heterocycles. The zero-order valence-corrected chi connectivity index (χ0v) is 16.3. The number of aromatic nitrogens is 3. The van der Waals surface area contributed by atoms with Crippen LogP contribution in [0.25, 0.3) is 11.3 Å². The number of hydrogen-bond acceptors (Lipinski definition) is 4. The molecule has 5 nitrogen and oxygen atoms in total. The van der Waals surface area contributed by atoms with Gasteiger partial charge < -0.3 is 9.67 Å². The number of carboxylic acids is 1. The molecule has 0 radical (unpaired) electrons. The van der Waals surface area contributed by atoms with Gasteiger partial charge in [0.15, 0.2) is 0 Å². The van der Waals surface area contributed by atoms with Crippen LogP contribution in [0, 0.1) is 5.92 Å². The van der Waals surface area contributed by atoms with Crippen molar-refractivity contribution in [2.24, 2.45) is 5.92 Å². The van der Waals surface area contributed by atoms with E-state index >= 15 is 0 Å². The van der Waals surface area contributed by atoms with Crippen LogP contribution in [0.2, 0.25) is 5.02 Å². The number of imidazole rings is 1. The van der Waals surface area contributed by atoms with Crippen molar-refractivity contribution in [2.75, 3.05) is 6.67 Å². The lowest BCUT2D eigenvalue weighted by Gasteiger charge is -2.09. The maximum absolute atomic E-state index is 13.0. The average molecular weight is 418 g/mol. The molecule has 0 saturated heterocycles. The van der Waals surface area contributed by atoms with E-state index in [0.29, 0.717) is 11.4 Å². The molecule has 3 aromatic rings. The minimum atomic E-state index is -0.742. The number of carboxylic acid groups (broad SMARTS) is 1. The maximum Gasteiger partial charge on any atom is 0.307 e. The number of benzene rings is 1. The van der Waals surface area contributed by atoms with Gasteiger partial charge in [-0.15, -0.1) is 0 Å². The summed E-state index contributed by atoms with van der Waals surface area (Å²) in [6.45, 7) is -0.280. The second kappa shape index (κ2) is 7.93. The van der Waals surface area contributed by atoms with Crippen LogP contribution in [0.5, 0.6) is 0 Å². The molecule has 0 spiro atoms. The molecule has 4 rings (SSSR count). The average Bonchev–Trinajstić information content (AvgIpc) is 3.41. The zero-order valence-electron chi connectivity index (χ0n) is 14.8. The summed E-state index contributed by atoms with van der Waals surface area (Å²) in [5.74, 6) is -0.937. The van der Waals surface area contributed by atoms with Gasteiger partial charge in [-0.3, -0.25) is 4.79 Å². The molecule has 0 amide bonds. The monoisotopic (exact) mass is 417 g/mol. The quantitative estimate of drug-likeness (QED) is 0.591. The molecule has 2 heterocycles. The molecule has 144 valence electrons. The number of alkyl halides is 1. The Bertz CT molecular complexity index is 992. The summed E-state index contributed by atoms with van der Waals surface area (Å²) in [5.41, 5.74) is 2.66. The number of hydrogen-bond donors (Lipinski definition) is 1. The van der Waals surface area contributed by atoms with Gasteiger partial charge in [0.2, 0.25) is 0 Å². The number of nitrogens with zero attached hydrogens (tertiary/aromatic N) is 3. The summed E-state index contributed by atoms with van der Waals surface area (Å²) in [6.07, 6.45) is 3.88. The summed E-state index contributed by atoms with van der Waals surface area (Å²) >= 11 is 7.31. The summed E-state index contributed by atoms with van der Waals surface area (Å²) in [6, 6.07) is 11.3. The number of halogens is 2. The standard InChI is InChI=1S/C20H17ClFN3O2S/c21-14-5-6-17(23-10-14)28-19-18(24-11-25(19)8-7-22)13-3-1-12(2-4-13)15-9-16(15)20(26)27/h1-6,10-11,15-16H,7-9H2,(H,26,27)/t15-,16+/m1/s1. The van der Waals surface area contributed by atoms with E-state index in [2.05, 4.69) is 9.97 Å². The van der Waals surface area contributed by atoms with E-state index in [-0.39, 0.29) is 18.4 Å². The Morgan fingerprint density at radius 2 is 2.04 bits per heavy atom.